The summed E-state index contributed by atoms with van der Waals surface area (Å²) in [4.78, 5) is 12.5. The minimum Gasteiger partial charge on any atom is -0.467 e. The van der Waals surface area contributed by atoms with Crippen LogP contribution in [0.4, 0.5) is 4.79 Å². The molecule has 0 unspecified atom stereocenters. The van der Waals surface area contributed by atoms with Gasteiger partial charge in [-0.05, 0) is 47.1 Å². The Labute approximate surface area is 122 Å². The van der Waals surface area contributed by atoms with Gasteiger partial charge in [0.1, 0.15) is 5.76 Å². The van der Waals surface area contributed by atoms with Crippen molar-refractivity contribution in [3.8, 4) is 0 Å². The van der Waals surface area contributed by atoms with Crippen LogP contribution < -0.4 is 10.7 Å². The Balaban J connectivity index is 1.82. The normalized spacial score (nSPS) is 11.4. The topological polar surface area (TPSA) is 66.6 Å². The van der Waals surface area contributed by atoms with E-state index in [1.165, 1.54) is 0 Å². The lowest BCUT2D eigenvalue weighted by molar-refractivity contribution is 0.240. The van der Waals surface area contributed by atoms with Gasteiger partial charge in [-0.15, -0.1) is 11.3 Å². The van der Waals surface area contributed by atoms with E-state index >= 15 is 0 Å². The minimum atomic E-state index is -0.369. The highest BCUT2D eigenvalue weighted by molar-refractivity contribution is 9.11. The zero-order valence-electron chi connectivity index (χ0n) is 10.1. The highest BCUT2D eigenvalue weighted by atomic mass is 79.9. The predicted octanol–water partition coefficient (Wildman–Crippen LogP) is 3.33. The number of hydrogen-bond acceptors (Lipinski definition) is 4. The van der Waals surface area contributed by atoms with Crippen molar-refractivity contribution in [2.75, 3.05) is 0 Å². The number of halogens is 1. The van der Waals surface area contributed by atoms with Crippen LogP contribution in [0.3, 0.4) is 0 Å². The van der Waals surface area contributed by atoms with Crippen molar-refractivity contribution in [2.45, 2.75) is 13.5 Å². The van der Waals surface area contributed by atoms with Gasteiger partial charge in [-0.2, -0.15) is 5.10 Å². The number of carbonyl (C=O) groups is 1. The molecule has 0 aromatic carbocycles. The van der Waals surface area contributed by atoms with Gasteiger partial charge in [-0.3, -0.25) is 0 Å². The zero-order valence-corrected chi connectivity index (χ0v) is 12.5. The van der Waals surface area contributed by atoms with Gasteiger partial charge in [0.25, 0.3) is 0 Å². The number of nitrogens with zero attached hydrogens (tertiary/aromatic N) is 1. The standard InChI is InChI=1S/C12H12BrN3O2S/c1-8(10-4-5-11(13)19-10)15-16-12(17)14-7-9-3-2-6-18-9/h2-6H,7H2,1H3,(H2,14,16,17)/b15-8+. The van der Waals surface area contributed by atoms with E-state index in [0.29, 0.717) is 12.3 Å². The average Bonchev–Trinajstić information content (AvgIpc) is 3.04. The molecule has 0 aliphatic rings. The molecule has 100 valence electrons. The Bertz CT molecular complexity index is 578. The quantitative estimate of drug-likeness (QED) is 0.661. The van der Waals surface area contributed by atoms with Crippen molar-refractivity contribution >= 4 is 39.0 Å². The maximum Gasteiger partial charge on any atom is 0.335 e. The molecule has 0 aliphatic carbocycles. The second kappa shape index (κ2) is 6.53. The van der Waals surface area contributed by atoms with Crippen molar-refractivity contribution in [1.29, 1.82) is 0 Å². The van der Waals surface area contributed by atoms with Gasteiger partial charge in [0.2, 0.25) is 0 Å². The number of carbonyl (C=O) groups excluding carboxylic acids is 1. The van der Waals surface area contributed by atoms with Gasteiger partial charge in [-0.25, -0.2) is 10.2 Å². The molecule has 2 rings (SSSR count). The van der Waals surface area contributed by atoms with E-state index in [0.717, 1.165) is 14.4 Å². The first-order chi connectivity index (χ1) is 9.15. The largest absolute Gasteiger partial charge is 0.467 e. The van der Waals surface area contributed by atoms with Crippen molar-refractivity contribution in [3.63, 3.8) is 0 Å². The third-order valence-corrected chi connectivity index (χ3v) is 3.99. The fourth-order valence-corrected chi connectivity index (χ4v) is 2.65. The molecule has 7 heteroatoms. The summed E-state index contributed by atoms with van der Waals surface area (Å²) >= 11 is 4.94. The number of furan rings is 1. The first kappa shape index (κ1) is 13.8. The molecule has 2 heterocycles. The smallest absolute Gasteiger partial charge is 0.335 e. The summed E-state index contributed by atoms with van der Waals surface area (Å²) in [5, 5.41) is 6.66. The fraction of sp³-hybridized carbons (Fsp3) is 0.167. The molecule has 5 nitrogen and oxygen atoms in total. The molecule has 2 aromatic rings. The summed E-state index contributed by atoms with van der Waals surface area (Å²) in [7, 11) is 0. The van der Waals surface area contributed by atoms with Crippen LogP contribution in [-0.2, 0) is 6.54 Å². The molecule has 0 aliphatic heterocycles. The Kier molecular flexibility index (Phi) is 4.75. The second-order valence-electron chi connectivity index (χ2n) is 3.67. The molecule has 0 fully saturated rings. The molecule has 0 bridgehead atoms. The van der Waals surface area contributed by atoms with Gasteiger partial charge in [0, 0.05) is 0 Å². The number of hydrazone groups is 1. The number of nitrogens with one attached hydrogen (secondary N) is 2. The van der Waals surface area contributed by atoms with Crippen LogP contribution in [0.5, 0.6) is 0 Å². The van der Waals surface area contributed by atoms with Gasteiger partial charge < -0.3 is 9.73 Å². The Hall–Kier alpha value is -1.60. The van der Waals surface area contributed by atoms with Crippen LogP contribution in [-0.4, -0.2) is 11.7 Å². The lowest BCUT2D eigenvalue weighted by atomic mass is 10.3. The van der Waals surface area contributed by atoms with E-state index in [9.17, 15) is 4.79 Å². The molecular weight excluding hydrogens is 330 g/mol. The van der Waals surface area contributed by atoms with Crippen molar-refractivity contribution in [1.82, 2.24) is 10.7 Å². The maximum absolute atomic E-state index is 11.5. The third kappa shape index (κ3) is 4.22. The summed E-state index contributed by atoms with van der Waals surface area (Å²) in [5.41, 5.74) is 3.19. The molecule has 2 N–H and O–H groups in total. The minimum absolute atomic E-state index is 0.331. The highest BCUT2D eigenvalue weighted by Crippen LogP contribution is 2.22. The second-order valence-corrected chi connectivity index (χ2v) is 6.14. The molecule has 0 saturated carbocycles. The van der Waals surface area contributed by atoms with E-state index in [1.54, 1.807) is 29.7 Å². The zero-order chi connectivity index (χ0) is 13.7. The molecule has 0 saturated heterocycles. The fourth-order valence-electron chi connectivity index (χ4n) is 1.32. The molecular formula is C12H12BrN3O2S. The van der Waals surface area contributed by atoms with Gasteiger partial charge in [-0.1, -0.05) is 0 Å². The van der Waals surface area contributed by atoms with Crippen LogP contribution in [0.15, 0.2) is 43.8 Å². The van der Waals surface area contributed by atoms with Crippen molar-refractivity contribution in [2.24, 2.45) is 5.10 Å². The summed E-state index contributed by atoms with van der Waals surface area (Å²) < 4.78 is 6.13. The highest BCUT2D eigenvalue weighted by Gasteiger charge is 2.03. The van der Waals surface area contributed by atoms with Gasteiger partial charge >= 0.3 is 6.03 Å². The van der Waals surface area contributed by atoms with Crippen molar-refractivity contribution in [3.05, 3.63) is 45.0 Å². The first-order valence-corrected chi connectivity index (χ1v) is 7.12. The van der Waals surface area contributed by atoms with E-state index in [4.69, 9.17) is 4.42 Å². The summed E-state index contributed by atoms with van der Waals surface area (Å²) in [6.07, 6.45) is 1.56. The van der Waals surface area contributed by atoms with E-state index in [2.05, 4.69) is 31.8 Å². The summed E-state index contributed by atoms with van der Waals surface area (Å²) in [5.74, 6) is 0.693. The predicted molar refractivity (Wildman–Crippen MR) is 78.3 cm³/mol. The van der Waals surface area contributed by atoms with E-state index in [-0.39, 0.29) is 6.03 Å². The van der Waals surface area contributed by atoms with E-state index < -0.39 is 0 Å². The SMILES string of the molecule is C/C(=N\NC(=O)NCc1ccco1)c1ccc(Br)s1. The van der Waals surface area contributed by atoms with Gasteiger partial charge in [0.05, 0.1) is 27.2 Å². The van der Waals surface area contributed by atoms with Crippen LogP contribution in [0.1, 0.15) is 17.6 Å². The molecule has 0 atom stereocenters. The Morgan fingerprint density at radius 1 is 1.47 bits per heavy atom. The summed E-state index contributed by atoms with van der Waals surface area (Å²) in [6.45, 7) is 2.17. The number of rotatable bonds is 4. The van der Waals surface area contributed by atoms with E-state index in [1.807, 2.05) is 19.1 Å². The molecule has 0 radical (unpaired) electrons. The van der Waals surface area contributed by atoms with Crippen LogP contribution >= 0.6 is 27.3 Å². The maximum atomic E-state index is 11.5. The number of thiophene rings is 1. The Morgan fingerprint density at radius 3 is 2.95 bits per heavy atom. The number of urea groups is 1. The third-order valence-electron chi connectivity index (χ3n) is 2.26. The number of hydrogen-bond donors (Lipinski definition) is 2. The lowest BCUT2D eigenvalue weighted by Gasteiger charge is -2.02. The molecule has 0 spiro atoms. The van der Waals surface area contributed by atoms with Crippen LogP contribution in [0.25, 0.3) is 0 Å². The monoisotopic (exact) mass is 341 g/mol. The molecule has 2 amide bonds. The molecule has 19 heavy (non-hydrogen) atoms. The van der Waals surface area contributed by atoms with Crippen molar-refractivity contribution < 1.29 is 9.21 Å². The average molecular weight is 342 g/mol. The number of amides is 2. The first-order valence-electron chi connectivity index (χ1n) is 5.51. The Morgan fingerprint density at radius 2 is 2.32 bits per heavy atom. The summed E-state index contributed by atoms with van der Waals surface area (Å²) in [6, 6.07) is 7.07. The lowest BCUT2D eigenvalue weighted by Crippen LogP contribution is -2.32. The molecule has 2 aromatic heterocycles. The van der Waals surface area contributed by atoms with Crippen LogP contribution in [0, 0.1) is 0 Å². The van der Waals surface area contributed by atoms with Gasteiger partial charge in [0.15, 0.2) is 0 Å². The van der Waals surface area contributed by atoms with Crippen LogP contribution in [0.2, 0.25) is 0 Å².